The van der Waals surface area contributed by atoms with Gasteiger partial charge in [-0.05, 0) is 38.5 Å². The summed E-state index contributed by atoms with van der Waals surface area (Å²) in [6, 6.07) is 8.90. The van der Waals surface area contributed by atoms with E-state index in [2.05, 4.69) is 21.6 Å². The van der Waals surface area contributed by atoms with Gasteiger partial charge in [0, 0.05) is 23.9 Å². The van der Waals surface area contributed by atoms with Crippen LogP contribution in [-0.2, 0) is 6.54 Å². The average Bonchev–Trinajstić information content (AvgIpc) is 3.26. The summed E-state index contributed by atoms with van der Waals surface area (Å²) < 4.78 is 6.67. The van der Waals surface area contributed by atoms with Crippen molar-refractivity contribution in [1.82, 2.24) is 20.3 Å². The highest BCUT2D eigenvalue weighted by atomic mass is 35.5. The molecule has 3 rings (SSSR count). The molecule has 0 aliphatic heterocycles. The number of aryl methyl sites for hydroxylation is 1. The summed E-state index contributed by atoms with van der Waals surface area (Å²) in [4.78, 5) is 12.1. The first-order valence-corrected chi connectivity index (χ1v) is 8.74. The number of carbonyl (C=O) groups is 1. The maximum atomic E-state index is 12.1. The Morgan fingerprint density at radius 3 is 2.85 bits per heavy atom. The maximum absolute atomic E-state index is 12.1. The smallest absolute Gasteiger partial charge is 0.273 e. The molecule has 1 amide bonds. The van der Waals surface area contributed by atoms with Gasteiger partial charge in [0.2, 0.25) is 0 Å². The zero-order valence-corrected chi connectivity index (χ0v) is 15.9. The average molecular weight is 384 g/mol. The Kier molecular flexibility index (Phi) is 5.28. The highest BCUT2D eigenvalue weighted by Gasteiger charge is 2.15. The fourth-order valence-corrected chi connectivity index (χ4v) is 2.96. The van der Waals surface area contributed by atoms with Crippen LogP contribution in [0.3, 0.4) is 0 Å². The first-order valence-electron chi connectivity index (χ1n) is 8.36. The first-order chi connectivity index (χ1) is 12.9. The van der Waals surface area contributed by atoms with Gasteiger partial charge in [-0.1, -0.05) is 22.8 Å². The largest absolute Gasteiger partial charge is 0.361 e. The molecule has 2 heterocycles. The van der Waals surface area contributed by atoms with Crippen molar-refractivity contribution in [3.05, 3.63) is 58.1 Å². The van der Waals surface area contributed by atoms with Crippen molar-refractivity contribution in [1.29, 1.82) is 5.26 Å². The lowest BCUT2D eigenvalue weighted by atomic mass is 10.0. The molecule has 0 saturated carbocycles. The summed E-state index contributed by atoms with van der Waals surface area (Å²) in [6.45, 7) is 5.97. The maximum Gasteiger partial charge on any atom is 0.273 e. The second-order valence-electron chi connectivity index (χ2n) is 6.33. The van der Waals surface area contributed by atoms with Gasteiger partial charge < -0.3 is 9.84 Å². The number of nitriles is 1. The Hall–Kier alpha value is -3.11. The molecule has 0 spiro atoms. The number of nitrogens with one attached hydrogen (secondary N) is 1. The van der Waals surface area contributed by atoms with E-state index in [0.717, 1.165) is 16.8 Å². The molecule has 0 bridgehead atoms. The van der Waals surface area contributed by atoms with E-state index >= 15 is 0 Å². The molecule has 0 saturated heterocycles. The van der Waals surface area contributed by atoms with Crippen molar-refractivity contribution < 1.29 is 9.32 Å². The van der Waals surface area contributed by atoms with Gasteiger partial charge in [0.05, 0.1) is 22.8 Å². The zero-order valence-electron chi connectivity index (χ0n) is 15.2. The van der Waals surface area contributed by atoms with Crippen molar-refractivity contribution in [3.8, 4) is 17.3 Å². The normalized spacial score (nSPS) is 11.8. The third-order valence-electron chi connectivity index (χ3n) is 4.12. The first kappa shape index (κ1) is 18.7. The summed E-state index contributed by atoms with van der Waals surface area (Å²) in [5.41, 5.74) is 3.13. The van der Waals surface area contributed by atoms with Crippen molar-refractivity contribution in [3.63, 3.8) is 0 Å². The predicted octanol–water partition coefficient (Wildman–Crippen LogP) is 3.50. The Morgan fingerprint density at radius 1 is 1.41 bits per heavy atom. The van der Waals surface area contributed by atoms with E-state index in [1.807, 2.05) is 32.2 Å². The quantitative estimate of drug-likeness (QED) is 0.727. The van der Waals surface area contributed by atoms with Crippen LogP contribution < -0.4 is 5.32 Å². The highest BCUT2D eigenvalue weighted by molar-refractivity contribution is 6.32. The highest BCUT2D eigenvalue weighted by Crippen LogP contribution is 2.29. The molecule has 0 aliphatic rings. The Bertz CT molecular complexity index is 1030. The van der Waals surface area contributed by atoms with Crippen LogP contribution in [0.4, 0.5) is 0 Å². The number of nitrogens with zero attached hydrogens (tertiary/aromatic N) is 4. The van der Waals surface area contributed by atoms with E-state index in [1.165, 1.54) is 0 Å². The number of hydrogen-bond donors (Lipinski definition) is 1. The van der Waals surface area contributed by atoms with Crippen LogP contribution in [0.15, 0.2) is 35.0 Å². The zero-order chi connectivity index (χ0) is 19.6. The van der Waals surface area contributed by atoms with Crippen molar-refractivity contribution in [2.75, 3.05) is 0 Å². The van der Waals surface area contributed by atoms with Gasteiger partial charge >= 0.3 is 0 Å². The van der Waals surface area contributed by atoms with Gasteiger partial charge in [-0.15, -0.1) is 0 Å². The molecule has 138 valence electrons. The second-order valence-corrected chi connectivity index (χ2v) is 6.71. The molecule has 0 radical (unpaired) electrons. The summed E-state index contributed by atoms with van der Waals surface area (Å²) in [6.07, 6.45) is 1.84. The molecule has 1 atom stereocenters. The molecule has 0 fully saturated rings. The predicted molar refractivity (Wildman–Crippen MR) is 100 cm³/mol. The number of hydrogen-bond acceptors (Lipinski definition) is 5. The van der Waals surface area contributed by atoms with Crippen LogP contribution in [0.1, 0.15) is 34.3 Å². The van der Waals surface area contributed by atoms with Crippen LogP contribution in [0.25, 0.3) is 11.3 Å². The molecule has 8 heteroatoms. The van der Waals surface area contributed by atoms with Crippen LogP contribution in [0.2, 0.25) is 5.02 Å². The summed E-state index contributed by atoms with van der Waals surface area (Å²) in [5.74, 6) is 0.294. The van der Waals surface area contributed by atoms with Gasteiger partial charge in [0.1, 0.15) is 11.8 Å². The minimum absolute atomic E-state index is 0.159. The standard InChI is InChI=1S/C19H18ClN5O2/c1-11(22-19(26)17-8-12(2)27-24-17)10-25-7-6-16(23-25)15-5-4-14(9-21)18(20)13(15)3/h4-8,11H,10H2,1-3H3,(H,22,26). The van der Waals surface area contributed by atoms with Crippen LogP contribution in [0.5, 0.6) is 0 Å². The van der Waals surface area contributed by atoms with E-state index in [-0.39, 0.29) is 17.6 Å². The molecule has 2 aromatic heterocycles. The molecule has 3 aromatic rings. The van der Waals surface area contributed by atoms with Gasteiger partial charge in [-0.2, -0.15) is 10.4 Å². The fraction of sp³-hybridized carbons (Fsp3) is 0.263. The second kappa shape index (κ2) is 7.64. The Morgan fingerprint density at radius 2 is 2.19 bits per heavy atom. The number of halogens is 1. The fourth-order valence-electron chi connectivity index (χ4n) is 2.75. The summed E-state index contributed by atoms with van der Waals surface area (Å²) in [7, 11) is 0. The third-order valence-corrected chi connectivity index (χ3v) is 4.61. The van der Waals surface area contributed by atoms with Crippen molar-refractivity contribution in [2.24, 2.45) is 0 Å². The molecule has 27 heavy (non-hydrogen) atoms. The lowest BCUT2D eigenvalue weighted by Crippen LogP contribution is -2.36. The molecule has 1 N–H and O–H groups in total. The van der Waals surface area contributed by atoms with Gasteiger partial charge in [-0.3, -0.25) is 9.48 Å². The van der Waals surface area contributed by atoms with Gasteiger partial charge in [0.15, 0.2) is 5.69 Å². The molecule has 1 aromatic carbocycles. The monoisotopic (exact) mass is 383 g/mol. The Labute approximate surface area is 161 Å². The van der Waals surface area contributed by atoms with Crippen molar-refractivity contribution >= 4 is 17.5 Å². The van der Waals surface area contributed by atoms with E-state index in [1.54, 1.807) is 23.7 Å². The number of amides is 1. The number of benzene rings is 1. The third kappa shape index (κ3) is 4.01. The van der Waals surface area contributed by atoms with Gasteiger partial charge in [-0.25, -0.2) is 0 Å². The number of rotatable bonds is 5. The molecular weight excluding hydrogens is 366 g/mol. The van der Waals surface area contributed by atoms with E-state index < -0.39 is 0 Å². The van der Waals surface area contributed by atoms with E-state index in [9.17, 15) is 4.79 Å². The minimum Gasteiger partial charge on any atom is -0.361 e. The van der Waals surface area contributed by atoms with Crippen LogP contribution in [-0.4, -0.2) is 26.9 Å². The summed E-state index contributed by atoms with van der Waals surface area (Å²) in [5, 5.41) is 20.6. The lowest BCUT2D eigenvalue weighted by Gasteiger charge is -2.13. The SMILES string of the molecule is Cc1cc(C(=O)NC(C)Cn2ccc(-c3ccc(C#N)c(Cl)c3C)n2)no1. The van der Waals surface area contributed by atoms with Crippen LogP contribution >= 0.6 is 11.6 Å². The van der Waals surface area contributed by atoms with E-state index in [4.69, 9.17) is 21.4 Å². The lowest BCUT2D eigenvalue weighted by molar-refractivity contribution is 0.0927. The van der Waals surface area contributed by atoms with Crippen molar-refractivity contribution in [2.45, 2.75) is 33.4 Å². The number of carbonyl (C=O) groups excluding carboxylic acids is 1. The van der Waals surface area contributed by atoms with Gasteiger partial charge in [0.25, 0.3) is 5.91 Å². The molecule has 7 nitrogen and oxygen atoms in total. The molecule has 0 aliphatic carbocycles. The van der Waals surface area contributed by atoms with E-state index in [0.29, 0.717) is 22.9 Å². The molecule has 1 unspecified atom stereocenters. The minimum atomic E-state index is -0.290. The number of aromatic nitrogens is 3. The molecular formula is C19H18ClN5O2. The Balaban J connectivity index is 1.70. The van der Waals surface area contributed by atoms with Crippen LogP contribution in [0, 0.1) is 25.2 Å². The topological polar surface area (TPSA) is 96.7 Å². The summed E-state index contributed by atoms with van der Waals surface area (Å²) >= 11 is 6.24.